The molecule has 0 amide bonds. The number of ether oxygens (including phenoxy) is 1. The van der Waals surface area contributed by atoms with Crippen molar-refractivity contribution in [1.82, 2.24) is 0 Å². The molecule has 0 bridgehead atoms. The number of aldehydes is 1. The van der Waals surface area contributed by atoms with Gasteiger partial charge in [0.15, 0.2) is 0 Å². The fourth-order valence-electron chi connectivity index (χ4n) is 1.67. The molecule has 0 atom stereocenters. The maximum atomic E-state index is 10.1. The molecule has 2 nitrogen and oxygen atoms in total. The molecular formula is C11H22O2. The first-order valence-electron chi connectivity index (χ1n) is 5.23. The molecule has 0 radical (unpaired) electrons. The van der Waals surface area contributed by atoms with E-state index in [0.29, 0.717) is 6.42 Å². The average Bonchev–Trinajstić information content (AvgIpc) is 2.20. The molecule has 0 aliphatic heterocycles. The monoisotopic (exact) mass is 186 g/mol. The molecule has 2 heteroatoms. The molecule has 0 unspecified atom stereocenters. The molecule has 13 heavy (non-hydrogen) atoms. The van der Waals surface area contributed by atoms with Crippen LogP contribution in [-0.4, -0.2) is 19.0 Å². The van der Waals surface area contributed by atoms with Crippen molar-refractivity contribution in [1.29, 1.82) is 0 Å². The number of hydrogen-bond acceptors (Lipinski definition) is 2. The van der Waals surface area contributed by atoms with Gasteiger partial charge in [-0.2, -0.15) is 0 Å². The maximum absolute atomic E-state index is 10.1. The largest absolute Gasteiger partial charge is 0.378 e. The topological polar surface area (TPSA) is 26.3 Å². The Hall–Kier alpha value is -0.370. The molecule has 78 valence electrons. The molecule has 0 saturated heterocycles. The van der Waals surface area contributed by atoms with E-state index in [1.54, 1.807) is 7.11 Å². The molecule has 0 aliphatic rings. The summed E-state index contributed by atoms with van der Waals surface area (Å²) in [7, 11) is 1.78. The third-order valence-electron chi connectivity index (χ3n) is 2.93. The van der Waals surface area contributed by atoms with E-state index < -0.39 is 0 Å². The number of rotatable bonds is 8. The standard InChI is InChI=1S/C11H22O2/c1-4-11(5-2,13-3)9-7-6-8-10-12/h10H,4-9H2,1-3H3. The van der Waals surface area contributed by atoms with Crippen LogP contribution in [0.25, 0.3) is 0 Å². The van der Waals surface area contributed by atoms with Crippen LogP contribution < -0.4 is 0 Å². The molecule has 0 saturated carbocycles. The summed E-state index contributed by atoms with van der Waals surface area (Å²) < 4.78 is 5.53. The Bertz CT molecular complexity index is 120. The summed E-state index contributed by atoms with van der Waals surface area (Å²) in [6, 6.07) is 0. The minimum atomic E-state index is 0.0584. The van der Waals surface area contributed by atoms with Crippen LogP contribution in [0.4, 0.5) is 0 Å². The van der Waals surface area contributed by atoms with Crippen molar-refractivity contribution in [3.05, 3.63) is 0 Å². The van der Waals surface area contributed by atoms with Crippen molar-refractivity contribution in [3.8, 4) is 0 Å². The lowest BCUT2D eigenvalue weighted by Gasteiger charge is -2.30. The number of carbonyl (C=O) groups excluding carboxylic acids is 1. The second-order valence-corrected chi connectivity index (χ2v) is 3.51. The normalized spacial score (nSPS) is 11.6. The fourth-order valence-corrected chi connectivity index (χ4v) is 1.67. The molecule has 0 heterocycles. The summed E-state index contributed by atoms with van der Waals surface area (Å²) in [6.45, 7) is 4.32. The molecule has 0 aromatic heterocycles. The van der Waals surface area contributed by atoms with E-state index in [2.05, 4.69) is 13.8 Å². The van der Waals surface area contributed by atoms with Crippen LogP contribution in [-0.2, 0) is 9.53 Å². The number of carbonyl (C=O) groups is 1. The lowest BCUT2D eigenvalue weighted by Crippen LogP contribution is -2.29. The van der Waals surface area contributed by atoms with Gasteiger partial charge in [0, 0.05) is 13.5 Å². The van der Waals surface area contributed by atoms with Gasteiger partial charge in [-0.15, -0.1) is 0 Å². The van der Waals surface area contributed by atoms with Crippen molar-refractivity contribution < 1.29 is 9.53 Å². The van der Waals surface area contributed by atoms with Crippen LogP contribution in [0.2, 0.25) is 0 Å². The van der Waals surface area contributed by atoms with Crippen LogP contribution in [0.15, 0.2) is 0 Å². The minimum absolute atomic E-state index is 0.0584. The van der Waals surface area contributed by atoms with Gasteiger partial charge in [-0.05, 0) is 25.7 Å². The molecule has 0 aromatic rings. The average molecular weight is 186 g/mol. The van der Waals surface area contributed by atoms with Gasteiger partial charge in [0.05, 0.1) is 5.60 Å². The highest BCUT2D eigenvalue weighted by Gasteiger charge is 2.24. The first-order chi connectivity index (χ1) is 6.24. The molecule has 0 fully saturated rings. The highest BCUT2D eigenvalue weighted by molar-refractivity contribution is 5.48. The van der Waals surface area contributed by atoms with Crippen molar-refractivity contribution in [3.63, 3.8) is 0 Å². The van der Waals surface area contributed by atoms with Crippen LogP contribution in [0.5, 0.6) is 0 Å². The van der Waals surface area contributed by atoms with Crippen molar-refractivity contribution >= 4 is 6.29 Å². The predicted molar refractivity (Wildman–Crippen MR) is 54.9 cm³/mol. The Morgan fingerprint density at radius 1 is 1.23 bits per heavy atom. The van der Waals surface area contributed by atoms with Gasteiger partial charge in [-0.25, -0.2) is 0 Å². The summed E-state index contributed by atoms with van der Waals surface area (Å²) >= 11 is 0. The first-order valence-corrected chi connectivity index (χ1v) is 5.23. The predicted octanol–water partition coefficient (Wildman–Crippen LogP) is 2.95. The molecule has 0 spiro atoms. The highest BCUT2D eigenvalue weighted by Crippen LogP contribution is 2.26. The van der Waals surface area contributed by atoms with E-state index >= 15 is 0 Å². The maximum Gasteiger partial charge on any atom is 0.119 e. The summed E-state index contributed by atoms with van der Waals surface area (Å²) in [5, 5.41) is 0. The summed E-state index contributed by atoms with van der Waals surface area (Å²) in [4.78, 5) is 10.1. The van der Waals surface area contributed by atoms with E-state index in [0.717, 1.165) is 38.4 Å². The van der Waals surface area contributed by atoms with Gasteiger partial charge in [-0.3, -0.25) is 0 Å². The van der Waals surface area contributed by atoms with Gasteiger partial charge in [0.2, 0.25) is 0 Å². The quantitative estimate of drug-likeness (QED) is 0.430. The molecule has 0 rings (SSSR count). The van der Waals surface area contributed by atoms with E-state index in [-0.39, 0.29) is 5.60 Å². The minimum Gasteiger partial charge on any atom is -0.378 e. The zero-order valence-electron chi connectivity index (χ0n) is 9.14. The third-order valence-corrected chi connectivity index (χ3v) is 2.93. The SMILES string of the molecule is CCC(CC)(CCCCC=O)OC. The van der Waals surface area contributed by atoms with Crippen molar-refractivity contribution in [2.45, 2.75) is 58.0 Å². The van der Waals surface area contributed by atoms with Crippen LogP contribution in [0.1, 0.15) is 52.4 Å². The van der Waals surface area contributed by atoms with Crippen molar-refractivity contribution in [2.24, 2.45) is 0 Å². The van der Waals surface area contributed by atoms with Gasteiger partial charge in [-0.1, -0.05) is 20.3 Å². The van der Waals surface area contributed by atoms with Crippen LogP contribution in [0.3, 0.4) is 0 Å². The Morgan fingerprint density at radius 3 is 2.23 bits per heavy atom. The Balaban J connectivity index is 3.74. The van der Waals surface area contributed by atoms with E-state index in [1.165, 1.54) is 0 Å². The summed E-state index contributed by atoms with van der Waals surface area (Å²) in [6.07, 6.45) is 6.95. The van der Waals surface area contributed by atoms with Crippen LogP contribution in [0, 0.1) is 0 Å². The number of unbranched alkanes of at least 4 members (excludes halogenated alkanes) is 2. The van der Waals surface area contributed by atoms with E-state index in [1.807, 2.05) is 0 Å². The highest BCUT2D eigenvalue weighted by atomic mass is 16.5. The molecule has 0 N–H and O–H groups in total. The lowest BCUT2D eigenvalue weighted by atomic mass is 9.90. The summed E-state index contributed by atoms with van der Waals surface area (Å²) in [5.41, 5.74) is 0.0584. The van der Waals surface area contributed by atoms with Crippen LogP contribution >= 0.6 is 0 Å². The first kappa shape index (κ1) is 12.6. The van der Waals surface area contributed by atoms with Gasteiger partial charge in [0.25, 0.3) is 0 Å². The van der Waals surface area contributed by atoms with Crippen molar-refractivity contribution in [2.75, 3.05) is 7.11 Å². The third kappa shape index (κ3) is 4.41. The molecular weight excluding hydrogens is 164 g/mol. The number of hydrogen-bond donors (Lipinski definition) is 0. The molecule has 0 aliphatic carbocycles. The fraction of sp³-hybridized carbons (Fsp3) is 0.909. The van der Waals surface area contributed by atoms with E-state index in [9.17, 15) is 4.79 Å². The van der Waals surface area contributed by atoms with Gasteiger partial charge in [0.1, 0.15) is 6.29 Å². The Labute approximate surface area is 81.7 Å². The smallest absolute Gasteiger partial charge is 0.119 e. The zero-order valence-corrected chi connectivity index (χ0v) is 9.14. The summed E-state index contributed by atoms with van der Waals surface area (Å²) in [5.74, 6) is 0. The number of methoxy groups -OCH3 is 1. The lowest BCUT2D eigenvalue weighted by molar-refractivity contribution is -0.108. The Morgan fingerprint density at radius 2 is 1.85 bits per heavy atom. The molecule has 0 aromatic carbocycles. The zero-order chi connectivity index (χ0) is 10.2. The van der Waals surface area contributed by atoms with E-state index in [4.69, 9.17) is 4.74 Å². The second kappa shape index (κ2) is 7.07. The Kier molecular flexibility index (Phi) is 6.87. The second-order valence-electron chi connectivity index (χ2n) is 3.51. The van der Waals surface area contributed by atoms with Gasteiger partial charge >= 0.3 is 0 Å². The van der Waals surface area contributed by atoms with Gasteiger partial charge < -0.3 is 9.53 Å².